The van der Waals surface area contributed by atoms with E-state index in [-0.39, 0.29) is 0 Å². The van der Waals surface area contributed by atoms with Crippen molar-refractivity contribution in [2.45, 2.75) is 37.0 Å². The smallest absolute Gasteiger partial charge is 0.0178 e. The molecule has 1 saturated carbocycles. The van der Waals surface area contributed by atoms with Crippen LogP contribution < -0.4 is 5.73 Å². The molecule has 2 N–H and O–H groups in total. The van der Waals surface area contributed by atoms with Gasteiger partial charge in [0.15, 0.2) is 0 Å². The highest BCUT2D eigenvalue weighted by Crippen LogP contribution is 2.56. The SMILES string of the molecule is NCC1CC2(CCC2)c2ccc(Br)cc21. The summed E-state index contributed by atoms with van der Waals surface area (Å²) in [6.45, 7) is 0.797. The molecule has 0 aliphatic heterocycles. The van der Waals surface area contributed by atoms with Gasteiger partial charge in [-0.3, -0.25) is 0 Å². The van der Waals surface area contributed by atoms with Gasteiger partial charge in [-0.05, 0) is 60.4 Å². The average molecular weight is 266 g/mol. The van der Waals surface area contributed by atoms with Gasteiger partial charge in [0.05, 0.1) is 0 Å². The van der Waals surface area contributed by atoms with Crippen molar-refractivity contribution in [1.29, 1.82) is 0 Å². The van der Waals surface area contributed by atoms with Crippen LogP contribution in [0.15, 0.2) is 22.7 Å². The molecule has 2 aliphatic rings. The average Bonchev–Trinajstić information content (AvgIpc) is 2.51. The highest BCUT2D eigenvalue weighted by Gasteiger charge is 2.46. The van der Waals surface area contributed by atoms with Crippen molar-refractivity contribution < 1.29 is 0 Å². The van der Waals surface area contributed by atoms with E-state index in [4.69, 9.17) is 5.73 Å². The third-order valence-electron chi connectivity index (χ3n) is 4.26. The number of fused-ring (bicyclic) bond motifs is 2. The van der Waals surface area contributed by atoms with Gasteiger partial charge in [-0.15, -0.1) is 0 Å². The van der Waals surface area contributed by atoms with E-state index in [1.807, 2.05) is 0 Å². The van der Waals surface area contributed by atoms with Crippen molar-refractivity contribution in [2.75, 3.05) is 6.54 Å². The summed E-state index contributed by atoms with van der Waals surface area (Å²) >= 11 is 3.56. The molecule has 1 unspecified atom stereocenters. The molecule has 1 aromatic carbocycles. The van der Waals surface area contributed by atoms with E-state index in [0.29, 0.717) is 11.3 Å². The molecule has 15 heavy (non-hydrogen) atoms. The Hall–Kier alpha value is -0.340. The van der Waals surface area contributed by atoms with Gasteiger partial charge in [-0.25, -0.2) is 0 Å². The van der Waals surface area contributed by atoms with E-state index in [1.54, 1.807) is 5.56 Å². The molecule has 2 aliphatic carbocycles. The van der Waals surface area contributed by atoms with Crippen LogP contribution in [0.3, 0.4) is 0 Å². The Morgan fingerprint density at radius 1 is 1.40 bits per heavy atom. The Labute approximate surface area is 99.2 Å². The van der Waals surface area contributed by atoms with Gasteiger partial charge >= 0.3 is 0 Å². The molecule has 1 nitrogen and oxygen atoms in total. The van der Waals surface area contributed by atoms with Crippen LogP contribution in [0.2, 0.25) is 0 Å². The van der Waals surface area contributed by atoms with E-state index in [2.05, 4.69) is 34.1 Å². The van der Waals surface area contributed by atoms with Crippen LogP contribution in [0.5, 0.6) is 0 Å². The zero-order valence-electron chi connectivity index (χ0n) is 8.80. The molecule has 3 rings (SSSR count). The standard InChI is InChI=1S/C13H16BrN/c14-10-2-3-12-11(6-10)9(8-15)7-13(12)4-1-5-13/h2-3,6,9H,1,4-5,7-8,15H2. The zero-order chi connectivity index (χ0) is 10.5. The van der Waals surface area contributed by atoms with Crippen molar-refractivity contribution >= 4 is 15.9 Å². The van der Waals surface area contributed by atoms with Crippen LogP contribution in [0.25, 0.3) is 0 Å². The van der Waals surface area contributed by atoms with Gasteiger partial charge in [-0.2, -0.15) is 0 Å². The molecule has 0 bridgehead atoms. The lowest BCUT2D eigenvalue weighted by atomic mass is 9.65. The lowest BCUT2D eigenvalue weighted by molar-refractivity contribution is 0.233. The second-order valence-electron chi connectivity index (χ2n) is 5.00. The normalized spacial score (nSPS) is 26.4. The van der Waals surface area contributed by atoms with E-state index in [0.717, 1.165) is 6.54 Å². The maximum absolute atomic E-state index is 5.88. The lowest BCUT2D eigenvalue weighted by Gasteiger charge is -2.39. The summed E-state index contributed by atoms with van der Waals surface area (Å²) < 4.78 is 1.19. The molecule has 1 fully saturated rings. The monoisotopic (exact) mass is 265 g/mol. The van der Waals surface area contributed by atoms with Gasteiger partial charge in [-0.1, -0.05) is 28.4 Å². The fourth-order valence-corrected chi connectivity index (χ4v) is 3.71. The van der Waals surface area contributed by atoms with Crippen LogP contribution in [-0.2, 0) is 5.41 Å². The number of hydrogen-bond acceptors (Lipinski definition) is 1. The van der Waals surface area contributed by atoms with Crippen molar-refractivity contribution in [3.05, 3.63) is 33.8 Å². The molecule has 0 amide bonds. The molecular formula is C13H16BrN. The maximum Gasteiger partial charge on any atom is 0.0178 e. The van der Waals surface area contributed by atoms with Crippen LogP contribution in [0.1, 0.15) is 42.7 Å². The number of nitrogens with two attached hydrogens (primary N) is 1. The van der Waals surface area contributed by atoms with Crippen molar-refractivity contribution in [3.63, 3.8) is 0 Å². The molecule has 0 saturated heterocycles. The fraction of sp³-hybridized carbons (Fsp3) is 0.538. The summed E-state index contributed by atoms with van der Waals surface area (Å²) in [5.74, 6) is 0.595. The first kappa shape index (κ1) is 9.86. The molecule has 0 radical (unpaired) electrons. The minimum absolute atomic E-state index is 0.514. The van der Waals surface area contributed by atoms with Gasteiger partial charge in [0, 0.05) is 4.47 Å². The Morgan fingerprint density at radius 3 is 2.80 bits per heavy atom. The summed E-state index contributed by atoms with van der Waals surface area (Å²) in [4.78, 5) is 0. The summed E-state index contributed by atoms with van der Waals surface area (Å²) in [5.41, 5.74) is 9.49. The van der Waals surface area contributed by atoms with Crippen molar-refractivity contribution in [1.82, 2.24) is 0 Å². The lowest BCUT2D eigenvalue weighted by Crippen LogP contribution is -2.32. The Kier molecular flexibility index (Phi) is 2.18. The van der Waals surface area contributed by atoms with Crippen molar-refractivity contribution in [3.8, 4) is 0 Å². The number of rotatable bonds is 1. The molecule has 0 heterocycles. The van der Waals surface area contributed by atoms with Gasteiger partial charge in [0.25, 0.3) is 0 Å². The quantitative estimate of drug-likeness (QED) is 0.829. The molecule has 2 heteroatoms. The number of benzene rings is 1. The number of halogens is 1. The van der Waals surface area contributed by atoms with Crippen LogP contribution in [0.4, 0.5) is 0 Å². The first-order chi connectivity index (χ1) is 7.25. The predicted octanol–water partition coefficient (Wildman–Crippen LogP) is 3.32. The summed E-state index contributed by atoms with van der Waals surface area (Å²) in [7, 11) is 0. The topological polar surface area (TPSA) is 26.0 Å². The first-order valence-corrected chi connectivity index (χ1v) is 6.54. The minimum Gasteiger partial charge on any atom is -0.330 e. The summed E-state index contributed by atoms with van der Waals surface area (Å²) in [6.07, 6.45) is 5.43. The van der Waals surface area contributed by atoms with Gasteiger partial charge < -0.3 is 5.73 Å². The molecule has 0 aromatic heterocycles. The Morgan fingerprint density at radius 2 is 2.20 bits per heavy atom. The fourth-order valence-electron chi connectivity index (χ4n) is 3.33. The summed E-state index contributed by atoms with van der Waals surface area (Å²) in [5, 5.41) is 0. The Balaban J connectivity index is 2.10. The third-order valence-corrected chi connectivity index (χ3v) is 4.75. The molecular weight excluding hydrogens is 250 g/mol. The largest absolute Gasteiger partial charge is 0.330 e. The first-order valence-electron chi connectivity index (χ1n) is 5.75. The highest BCUT2D eigenvalue weighted by molar-refractivity contribution is 9.10. The van der Waals surface area contributed by atoms with E-state index < -0.39 is 0 Å². The highest BCUT2D eigenvalue weighted by atomic mass is 79.9. The molecule has 1 atom stereocenters. The van der Waals surface area contributed by atoms with E-state index >= 15 is 0 Å². The van der Waals surface area contributed by atoms with Gasteiger partial charge in [0.1, 0.15) is 0 Å². The molecule has 1 aromatic rings. The van der Waals surface area contributed by atoms with Gasteiger partial charge in [0.2, 0.25) is 0 Å². The van der Waals surface area contributed by atoms with E-state index in [9.17, 15) is 0 Å². The van der Waals surface area contributed by atoms with Crippen molar-refractivity contribution in [2.24, 2.45) is 5.73 Å². The van der Waals surface area contributed by atoms with Crippen LogP contribution >= 0.6 is 15.9 Å². The second-order valence-corrected chi connectivity index (χ2v) is 5.92. The maximum atomic E-state index is 5.88. The van der Waals surface area contributed by atoms with E-state index in [1.165, 1.54) is 35.7 Å². The number of hydrogen-bond donors (Lipinski definition) is 1. The Bertz CT molecular complexity index is 396. The minimum atomic E-state index is 0.514. The predicted molar refractivity (Wildman–Crippen MR) is 66.1 cm³/mol. The third kappa shape index (κ3) is 1.31. The molecule has 80 valence electrons. The molecule has 1 spiro atoms. The van der Waals surface area contributed by atoms with Crippen LogP contribution in [0, 0.1) is 0 Å². The van der Waals surface area contributed by atoms with Crippen LogP contribution in [-0.4, -0.2) is 6.54 Å². The summed E-state index contributed by atoms with van der Waals surface area (Å²) in [6, 6.07) is 6.77. The second kappa shape index (κ2) is 3.33. The zero-order valence-corrected chi connectivity index (χ0v) is 10.4.